The lowest BCUT2D eigenvalue weighted by molar-refractivity contribution is -0.117. The van der Waals surface area contributed by atoms with Gasteiger partial charge in [-0.05, 0) is 36.6 Å². The van der Waals surface area contributed by atoms with Gasteiger partial charge in [0.1, 0.15) is 6.33 Å². The van der Waals surface area contributed by atoms with Crippen molar-refractivity contribution in [3.8, 4) is 11.8 Å². The molecule has 1 unspecified atom stereocenters. The summed E-state index contributed by atoms with van der Waals surface area (Å²) < 4.78 is 5.37. The molecule has 156 valence electrons. The SMILES string of the molecule is COc1cncnc1N1CCN(CCCC2C(=O)Nc3ccc(CC#N)cc32)CC1. The van der Waals surface area contributed by atoms with Gasteiger partial charge in [-0.1, -0.05) is 12.1 Å². The van der Waals surface area contributed by atoms with Crippen LogP contribution in [0.15, 0.2) is 30.7 Å². The Hall–Kier alpha value is -3.18. The summed E-state index contributed by atoms with van der Waals surface area (Å²) in [6.45, 7) is 4.64. The summed E-state index contributed by atoms with van der Waals surface area (Å²) in [6.07, 6.45) is 5.39. The molecule has 8 nitrogen and oxygen atoms in total. The van der Waals surface area contributed by atoms with E-state index in [4.69, 9.17) is 10.00 Å². The number of amides is 1. The third-order valence-electron chi connectivity index (χ3n) is 5.87. The van der Waals surface area contributed by atoms with Crippen molar-refractivity contribution in [2.75, 3.05) is 50.1 Å². The van der Waals surface area contributed by atoms with Crippen molar-refractivity contribution in [3.05, 3.63) is 41.9 Å². The topological polar surface area (TPSA) is 94.4 Å². The highest BCUT2D eigenvalue weighted by Gasteiger charge is 2.30. The number of hydrogen-bond donors (Lipinski definition) is 1. The number of benzene rings is 1. The smallest absolute Gasteiger partial charge is 0.232 e. The predicted molar refractivity (Wildman–Crippen MR) is 114 cm³/mol. The molecule has 4 rings (SSSR count). The highest BCUT2D eigenvalue weighted by atomic mass is 16.5. The zero-order valence-corrected chi connectivity index (χ0v) is 17.2. The minimum absolute atomic E-state index is 0.0692. The number of hydrogen-bond acceptors (Lipinski definition) is 7. The van der Waals surface area contributed by atoms with Gasteiger partial charge in [-0.3, -0.25) is 9.69 Å². The number of carbonyl (C=O) groups is 1. The number of ether oxygens (including phenoxy) is 1. The summed E-state index contributed by atoms with van der Waals surface area (Å²) in [5.74, 6) is 1.50. The van der Waals surface area contributed by atoms with Crippen molar-refractivity contribution < 1.29 is 9.53 Å². The first-order chi connectivity index (χ1) is 14.7. The Labute approximate surface area is 176 Å². The molecule has 30 heavy (non-hydrogen) atoms. The van der Waals surface area contributed by atoms with Crippen LogP contribution in [-0.4, -0.2) is 60.6 Å². The van der Waals surface area contributed by atoms with E-state index in [9.17, 15) is 4.79 Å². The number of fused-ring (bicyclic) bond motifs is 1. The van der Waals surface area contributed by atoms with E-state index in [1.807, 2.05) is 18.2 Å². The van der Waals surface area contributed by atoms with Crippen molar-refractivity contribution in [1.29, 1.82) is 5.26 Å². The molecule has 1 amide bonds. The monoisotopic (exact) mass is 406 g/mol. The van der Waals surface area contributed by atoms with Crippen LogP contribution in [0.3, 0.4) is 0 Å². The summed E-state index contributed by atoms with van der Waals surface area (Å²) in [6, 6.07) is 8.02. The molecule has 8 heteroatoms. The molecule has 1 saturated heterocycles. The molecule has 0 aliphatic carbocycles. The van der Waals surface area contributed by atoms with Gasteiger partial charge in [0, 0.05) is 31.9 Å². The van der Waals surface area contributed by atoms with Gasteiger partial charge in [0.05, 0.1) is 31.7 Å². The molecule has 3 heterocycles. The molecule has 0 spiro atoms. The van der Waals surface area contributed by atoms with Gasteiger partial charge in [0.25, 0.3) is 0 Å². The Kier molecular flexibility index (Phi) is 6.10. The minimum atomic E-state index is -0.120. The van der Waals surface area contributed by atoms with Crippen LogP contribution in [0.25, 0.3) is 0 Å². The van der Waals surface area contributed by atoms with E-state index in [0.717, 1.165) is 68.2 Å². The Morgan fingerprint density at radius 1 is 1.30 bits per heavy atom. The molecule has 0 saturated carbocycles. The lowest BCUT2D eigenvalue weighted by atomic mass is 9.93. The average molecular weight is 406 g/mol. The van der Waals surface area contributed by atoms with Crippen molar-refractivity contribution in [1.82, 2.24) is 14.9 Å². The fraction of sp³-hybridized carbons (Fsp3) is 0.455. The predicted octanol–water partition coefficient (Wildman–Crippen LogP) is 2.19. The number of anilines is 2. The van der Waals surface area contributed by atoms with E-state index < -0.39 is 0 Å². The maximum Gasteiger partial charge on any atom is 0.232 e. The molecule has 2 aromatic rings. The van der Waals surface area contributed by atoms with Crippen molar-refractivity contribution >= 4 is 17.4 Å². The van der Waals surface area contributed by atoms with Crippen LogP contribution in [0.1, 0.15) is 29.9 Å². The summed E-state index contributed by atoms with van der Waals surface area (Å²) in [5.41, 5.74) is 2.89. The minimum Gasteiger partial charge on any atom is -0.491 e. The van der Waals surface area contributed by atoms with Crippen LogP contribution in [0, 0.1) is 11.3 Å². The lowest BCUT2D eigenvalue weighted by Crippen LogP contribution is -2.47. The molecule has 2 aliphatic rings. The first-order valence-corrected chi connectivity index (χ1v) is 10.3. The number of rotatable bonds is 7. The van der Waals surface area contributed by atoms with Crippen LogP contribution < -0.4 is 15.0 Å². The molecule has 2 aliphatic heterocycles. The first kappa shape index (κ1) is 20.1. The average Bonchev–Trinajstić information content (AvgIpc) is 3.09. The van der Waals surface area contributed by atoms with Crippen molar-refractivity contribution in [2.45, 2.75) is 25.2 Å². The zero-order valence-electron chi connectivity index (χ0n) is 17.2. The van der Waals surface area contributed by atoms with Gasteiger partial charge in [0.2, 0.25) is 5.91 Å². The van der Waals surface area contributed by atoms with Gasteiger partial charge >= 0.3 is 0 Å². The number of nitriles is 1. The maximum absolute atomic E-state index is 12.4. The number of nitrogens with zero attached hydrogens (tertiary/aromatic N) is 5. The second-order valence-corrected chi connectivity index (χ2v) is 7.68. The number of piperazine rings is 1. The van der Waals surface area contributed by atoms with E-state index in [2.05, 4.69) is 31.2 Å². The van der Waals surface area contributed by atoms with Crippen molar-refractivity contribution in [3.63, 3.8) is 0 Å². The third-order valence-corrected chi connectivity index (χ3v) is 5.87. The summed E-state index contributed by atoms with van der Waals surface area (Å²) in [7, 11) is 1.64. The largest absolute Gasteiger partial charge is 0.491 e. The Bertz CT molecular complexity index is 949. The summed E-state index contributed by atoms with van der Waals surface area (Å²) in [5, 5.41) is 11.9. The Balaban J connectivity index is 1.29. The lowest BCUT2D eigenvalue weighted by Gasteiger charge is -2.35. The van der Waals surface area contributed by atoms with Gasteiger partial charge < -0.3 is 15.0 Å². The summed E-state index contributed by atoms with van der Waals surface area (Å²) >= 11 is 0. The molecule has 1 aromatic carbocycles. The Morgan fingerprint density at radius 2 is 2.13 bits per heavy atom. The van der Waals surface area contributed by atoms with Crippen LogP contribution in [-0.2, 0) is 11.2 Å². The second kappa shape index (κ2) is 9.09. The fourth-order valence-electron chi connectivity index (χ4n) is 4.26. The molecular formula is C22H26N6O2. The van der Waals surface area contributed by atoms with Crippen LogP contribution in [0.5, 0.6) is 5.75 Å². The highest BCUT2D eigenvalue weighted by Crippen LogP contribution is 2.36. The Morgan fingerprint density at radius 3 is 2.90 bits per heavy atom. The normalized spacial score (nSPS) is 18.6. The molecule has 0 bridgehead atoms. The van der Waals surface area contributed by atoms with Gasteiger partial charge in [-0.2, -0.15) is 5.26 Å². The number of nitrogens with one attached hydrogen (secondary N) is 1. The van der Waals surface area contributed by atoms with Crippen LogP contribution >= 0.6 is 0 Å². The zero-order chi connectivity index (χ0) is 20.9. The van der Waals surface area contributed by atoms with Gasteiger partial charge in [-0.25, -0.2) is 9.97 Å². The number of methoxy groups -OCH3 is 1. The van der Waals surface area contributed by atoms with Crippen molar-refractivity contribution in [2.24, 2.45) is 0 Å². The highest BCUT2D eigenvalue weighted by molar-refractivity contribution is 6.02. The first-order valence-electron chi connectivity index (χ1n) is 10.3. The second-order valence-electron chi connectivity index (χ2n) is 7.68. The molecule has 0 radical (unpaired) electrons. The maximum atomic E-state index is 12.4. The molecule has 1 N–H and O–H groups in total. The molecule has 1 aromatic heterocycles. The number of carbonyl (C=O) groups excluding carboxylic acids is 1. The molecular weight excluding hydrogens is 380 g/mol. The fourth-order valence-corrected chi connectivity index (χ4v) is 4.26. The third kappa shape index (κ3) is 4.21. The molecule has 1 fully saturated rings. The van der Waals surface area contributed by atoms with Gasteiger partial charge in [-0.15, -0.1) is 0 Å². The number of aromatic nitrogens is 2. The van der Waals surface area contributed by atoms with E-state index in [0.29, 0.717) is 12.2 Å². The van der Waals surface area contributed by atoms with Crippen LogP contribution in [0.2, 0.25) is 0 Å². The van der Waals surface area contributed by atoms with Crippen LogP contribution in [0.4, 0.5) is 11.5 Å². The van der Waals surface area contributed by atoms with Gasteiger partial charge in [0.15, 0.2) is 11.6 Å². The van der Waals surface area contributed by atoms with E-state index in [1.165, 1.54) is 0 Å². The van der Waals surface area contributed by atoms with E-state index in [1.54, 1.807) is 19.6 Å². The molecule has 1 atom stereocenters. The van der Waals surface area contributed by atoms with E-state index in [-0.39, 0.29) is 11.8 Å². The quantitative estimate of drug-likeness (QED) is 0.753. The standard InChI is InChI=1S/C22H26N6O2/c1-30-20-14-24-15-25-21(20)28-11-9-27(10-12-28)8-2-3-17-18-13-16(6-7-23)4-5-19(18)26-22(17)29/h4-5,13-15,17H,2-3,6,8-12H2,1H3,(H,26,29). The summed E-state index contributed by atoms with van der Waals surface area (Å²) in [4.78, 5) is 25.5. The van der Waals surface area contributed by atoms with E-state index >= 15 is 0 Å².